The monoisotopic (exact) mass is 262 g/mol. The van der Waals surface area contributed by atoms with Crippen molar-refractivity contribution in [1.82, 2.24) is 14.8 Å². The molecule has 1 heterocycles. The number of aromatic nitrogens is 3. The standard InChI is InChI=1S/C12H14N4O3/c1-18-10-4-2-3-9(5-10)7-19-11(17)6-16-8-14-12(13)15-16/h2-5,8H,6-7H2,1H3,(H2,13,15). The predicted octanol–water partition coefficient (Wildman–Crippen LogP) is 0.612. The highest BCUT2D eigenvalue weighted by atomic mass is 16.5. The Balaban J connectivity index is 1.86. The molecule has 0 aliphatic carbocycles. The summed E-state index contributed by atoms with van der Waals surface area (Å²) in [7, 11) is 1.58. The summed E-state index contributed by atoms with van der Waals surface area (Å²) in [6, 6.07) is 7.31. The molecular weight excluding hydrogens is 248 g/mol. The van der Waals surface area contributed by atoms with Crippen LogP contribution in [0, 0.1) is 0 Å². The minimum Gasteiger partial charge on any atom is -0.497 e. The molecule has 0 saturated heterocycles. The Morgan fingerprint density at radius 1 is 1.47 bits per heavy atom. The van der Waals surface area contributed by atoms with Gasteiger partial charge in [0, 0.05) is 0 Å². The third kappa shape index (κ3) is 3.70. The number of ether oxygens (including phenoxy) is 2. The molecule has 0 amide bonds. The fourth-order valence-electron chi connectivity index (χ4n) is 1.49. The van der Waals surface area contributed by atoms with Crippen LogP contribution in [0.3, 0.4) is 0 Å². The minimum absolute atomic E-state index is 0.0197. The lowest BCUT2D eigenvalue weighted by Gasteiger charge is -2.06. The molecule has 100 valence electrons. The van der Waals surface area contributed by atoms with Gasteiger partial charge in [0.1, 0.15) is 25.2 Å². The van der Waals surface area contributed by atoms with Gasteiger partial charge in [-0.05, 0) is 17.7 Å². The van der Waals surface area contributed by atoms with E-state index in [0.29, 0.717) is 0 Å². The smallest absolute Gasteiger partial charge is 0.328 e. The van der Waals surface area contributed by atoms with Crippen LogP contribution >= 0.6 is 0 Å². The molecule has 0 spiro atoms. The van der Waals surface area contributed by atoms with E-state index in [2.05, 4.69) is 10.1 Å². The topological polar surface area (TPSA) is 92.3 Å². The Morgan fingerprint density at radius 2 is 2.32 bits per heavy atom. The molecule has 0 saturated carbocycles. The van der Waals surface area contributed by atoms with Crippen molar-refractivity contribution in [3.05, 3.63) is 36.2 Å². The molecule has 0 radical (unpaired) electrons. The summed E-state index contributed by atoms with van der Waals surface area (Å²) < 4.78 is 11.5. The Morgan fingerprint density at radius 3 is 3.00 bits per heavy atom. The fourth-order valence-corrected chi connectivity index (χ4v) is 1.49. The van der Waals surface area contributed by atoms with Crippen LogP contribution in [0.5, 0.6) is 5.75 Å². The Bertz CT molecular complexity index is 568. The molecule has 0 aliphatic rings. The van der Waals surface area contributed by atoms with Gasteiger partial charge in [0.05, 0.1) is 7.11 Å². The highest BCUT2D eigenvalue weighted by molar-refractivity contribution is 5.69. The van der Waals surface area contributed by atoms with Crippen molar-refractivity contribution in [2.75, 3.05) is 12.8 Å². The molecule has 0 unspecified atom stereocenters. The van der Waals surface area contributed by atoms with Crippen LogP contribution < -0.4 is 10.5 Å². The molecule has 7 nitrogen and oxygen atoms in total. The lowest BCUT2D eigenvalue weighted by molar-refractivity contribution is -0.145. The zero-order valence-electron chi connectivity index (χ0n) is 10.4. The summed E-state index contributed by atoms with van der Waals surface area (Å²) in [5.74, 6) is 0.436. The SMILES string of the molecule is COc1cccc(COC(=O)Cn2cnc(N)n2)c1. The number of carbonyl (C=O) groups is 1. The molecule has 19 heavy (non-hydrogen) atoms. The summed E-state index contributed by atoms with van der Waals surface area (Å²) >= 11 is 0. The van der Waals surface area contributed by atoms with Gasteiger partial charge >= 0.3 is 5.97 Å². The van der Waals surface area contributed by atoms with Crippen molar-refractivity contribution in [2.45, 2.75) is 13.2 Å². The summed E-state index contributed by atoms with van der Waals surface area (Å²) in [5, 5.41) is 3.80. The highest BCUT2D eigenvalue weighted by Gasteiger charge is 2.06. The quantitative estimate of drug-likeness (QED) is 0.794. The van der Waals surface area contributed by atoms with Gasteiger partial charge < -0.3 is 15.2 Å². The first kappa shape index (κ1) is 12.9. The fraction of sp³-hybridized carbons (Fsp3) is 0.250. The maximum atomic E-state index is 11.6. The van der Waals surface area contributed by atoms with Gasteiger partial charge in [-0.2, -0.15) is 0 Å². The van der Waals surface area contributed by atoms with Crippen LogP contribution in [0.25, 0.3) is 0 Å². The van der Waals surface area contributed by atoms with Gasteiger partial charge in [-0.25, -0.2) is 9.67 Å². The normalized spacial score (nSPS) is 10.2. The van der Waals surface area contributed by atoms with E-state index in [4.69, 9.17) is 15.2 Å². The molecule has 0 aliphatic heterocycles. The zero-order chi connectivity index (χ0) is 13.7. The molecule has 1 aromatic heterocycles. The van der Waals surface area contributed by atoms with Crippen LogP contribution in [-0.4, -0.2) is 27.8 Å². The minimum atomic E-state index is -0.410. The van der Waals surface area contributed by atoms with E-state index in [9.17, 15) is 4.79 Å². The van der Waals surface area contributed by atoms with Crippen LogP contribution in [0.1, 0.15) is 5.56 Å². The van der Waals surface area contributed by atoms with Gasteiger partial charge in [0.25, 0.3) is 0 Å². The lowest BCUT2D eigenvalue weighted by Crippen LogP contribution is -2.14. The average Bonchev–Trinajstić information content (AvgIpc) is 2.82. The van der Waals surface area contributed by atoms with E-state index < -0.39 is 5.97 Å². The Kier molecular flexibility index (Phi) is 3.97. The number of methoxy groups -OCH3 is 1. The van der Waals surface area contributed by atoms with Crippen molar-refractivity contribution >= 4 is 11.9 Å². The second-order valence-corrected chi connectivity index (χ2v) is 3.81. The van der Waals surface area contributed by atoms with Crippen molar-refractivity contribution in [2.24, 2.45) is 0 Å². The van der Waals surface area contributed by atoms with E-state index in [-0.39, 0.29) is 19.1 Å². The number of benzene rings is 1. The molecular formula is C12H14N4O3. The van der Waals surface area contributed by atoms with Gasteiger partial charge in [-0.3, -0.25) is 4.79 Å². The first-order valence-electron chi connectivity index (χ1n) is 5.61. The first-order chi connectivity index (χ1) is 9.17. The van der Waals surface area contributed by atoms with Crippen LogP contribution in [0.15, 0.2) is 30.6 Å². The summed E-state index contributed by atoms with van der Waals surface area (Å²) in [6.45, 7) is 0.161. The predicted molar refractivity (Wildman–Crippen MR) is 67.2 cm³/mol. The van der Waals surface area contributed by atoms with E-state index in [0.717, 1.165) is 11.3 Å². The van der Waals surface area contributed by atoms with E-state index in [1.54, 1.807) is 13.2 Å². The number of hydrogen-bond acceptors (Lipinski definition) is 6. The molecule has 1 aromatic carbocycles. The second-order valence-electron chi connectivity index (χ2n) is 3.81. The Hall–Kier alpha value is -2.57. The molecule has 2 N–H and O–H groups in total. The van der Waals surface area contributed by atoms with Crippen molar-refractivity contribution in [3.63, 3.8) is 0 Å². The average molecular weight is 262 g/mol. The number of esters is 1. The third-order valence-corrected chi connectivity index (χ3v) is 2.38. The first-order valence-corrected chi connectivity index (χ1v) is 5.61. The maximum Gasteiger partial charge on any atom is 0.328 e. The van der Waals surface area contributed by atoms with Crippen molar-refractivity contribution < 1.29 is 14.3 Å². The van der Waals surface area contributed by atoms with Gasteiger partial charge in [0.2, 0.25) is 5.95 Å². The summed E-state index contributed by atoms with van der Waals surface area (Å²) in [4.78, 5) is 15.3. The highest BCUT2D eigenvalue weighted by Crippen LogP contribution is 2.13. The number of nitrogen functional groups attached to an aromatic ring is 1. The van der Waals surface area contributed by atoms with Crippen LogP contribution in [0.2, 0.25) is 0 Å². The van der Waals surface area contributed by atoms with Gasteiger partial charge in [-0.1, -0.05) is 12.1 Å². The molecule has 2 aromatic rings. The largest absolute Gasteiger partial charge is 0.497 e. The number of nitrogens with zero attached hydrogens (tertiary/aromatic N) is 3. The number of nitrogens with two attached hydrogens (primary N) is 1. The number of carbonyl (C=O) groups excluding carboxylic acids is 1. The Labute approximate surface area is 110 Å². The van der Waals surface area contributed by atoms with E-state index in [1.165, 1.54) is 11.0 Å². The molecule has 0 atom stereocenters. The second kappa shape index (κ2) is 5.85. The van der Waals surface area contributed by atoms with Crippen molar-refractivity contribution in [1.29, 1.82) is 0 Å². The number of hydrogen-bond donors (Lipinski definition) is 1. The molecule has 7 heteroatoms. The van der Waals surface area contributed by atoms with Crippen LogP contribution in [0.4, 0.5) is 5.95 Å². The number of anilines is 1. The van der Waals surface area contributed by atoms with Crippen LogP contribution in [-0.2, 0) is 22.7 Å². The van der Waals surface area contributed by atoms with E-state index in [1.807, 2.05) is 18.2 Å². The summed E-state index contributed by atoms with van der Waals surface area (Å²) in [5.41, 5.74) is 6.19. The third-order valence-electron chi connectivity index (χ3n) is 2.38. The lowest BCUT2D eigenvalue weighted by atomic mass is 10.2. The van der Waals surface area contributed by atoms with Gasteiger partial charge in [0.15, 0.2) is 0 Å². The maximum absolute atomic E-state index is 11.6. The summed E-state index contributed by atoms with van der Waals surface area (Å²) in [6.07, 6.45) is 1.38. The van der Waals surface area contributed by atoms with Gasteiger partial charge in [-0.15, -0.1) is 5.10 Å². The van der Waals surface area contributed by atoms with Crippen molar-refractivity contribution in [3.8, 4) is 5.75 Å². The number of rotatable bonds is 5. The van der Waals surface area contributed by atoms with E-state index >= 15 is 0 Å². The molecule has 2 rings (SSSR count). The zero-order valence-corrected chi connectivity index (χ0v) is 10.4. The molecule has 0 fully saturated rings. The molecule has 0 bridgehead atoms.